The predicted molar refractivity (Wildman–Crippen MR) is 114 cm³/mol. The number of aromatic nitrogens is 1. The first-order valence-electron chi connectivity index (χ1n) is 9.46. The highest BCUT2D eigenvalue weighted by molar-refractivity contribution is 9.10. The van der Waals surface area contributed by atoms with Crippen molar-refractivity contribution in [2.45, 2.75) is 32.7 Å². The van der Waals surface area contributed by atoms with E-state index in [1.807, 2.05) is 50.2 Å². The summed E-state index contributed by atoms with van der Waals surface area (Å²) in [6.45, 7) is 5.30. The molecule has 0 radical (unpaired) electrons. The summed E-state index contributed by atoms with van der Waals surface area (Å²) in [5, 5.41) is 5.84. The van der Waals surface area contributed by atoms with E-state index in [1.54, 1.807) is 6.20 Å². The normalized spacial score (nSPS) is 16.4. The molecule has 3 rings (SSSR count). The van der Waals surface area contributed by atoms with E-state index < -0.39 is 0 Å². The van der Waals surface area contributed by atoms with E-state index in [2.05, 4.69) is 36.4 Å². The monoisotopic (exact) mass is 444 g/mol. The Bertz CT molecular complexity index is 833. The summed E-state index contributed by atoms with van der Waals surface area (Å²) in [5.74, 6) is 0.492. The summed E-state index contributed by atoms with van der Waals surface area (Å²) in [6.07, 6.45) is 3.20. The fraction of sp³-hybridized carbons (Fsp3) is 0.381. The van der Waals surface area contributed by atoms with Gasteiger partial charge < -0.3 is 10.6 Å². The van der Waals surface area contributed by atoms with Crippen LogP contribution in [0.2, 0.25) is 0 Å². The largest absolute Gasteiger partial charge is 0.325 e. The maximum atomic E-state index is 12.6. The fourth-order valence-corrected chi connectivity index (χ4v) is 3.70. The summed E-state index contributed by atoms with van der Waals surface area (Å²) in [4.78, 5) is 31.4. The Balaban J connectivity index is 1.49. The Morgan fingerprint density at radius 2 is 1.93 bits per heavy atom. The number of benzene rings is 1. The number of nitrogens with zero attached hydrogens (tertiary/aromatic N) is 2. The van der Waals surface area contributed by atoms with Crippen LogP contribution < -0.4 is 10.6 Å². The number of amides is 2. The minimum Gasteiger partial charge on any atom is -0.325 e. The zero-order valence-electron chi connectivity index (χ0n) is 16.1. The van der Waals surface area contributed by atoms with Gasteiger partial charge in [-0.25, -0.2) is 4.98 Å². The molecule has 0 saturated carbocycles. The molecule has 6 nitrogen and oxygen atoms in total. The van der Waals surface area contributed by atoms with Crippen molar-refractivity contribution in [3.05, 3.63) is 52.6 Å². The first kappa shape index (κ1) is 20.5. The summed E-state index contributed by atoms with van der Waals surface area (Å²) >= 11 is 3.41. The molecule has 0 aliphatic carbocycles. The Morgan fingerprint density at radius 3 is 2.57 bits per heavy atom. The molecule has 0 spiro atoms. The molecule has 1 saturated heterocycles. The highest BCUT2D eigenvalue weighted by Gasteiger charge is 2.30. The van der Waals surface area contributed by atoms with Gasteiger partial charge in [-0.2, -0.15) is 0 Å². The van der Waals surface area contributed by atoms with Crippen LogP contribution in [0, 0.1) is 12.8 Å². The minimum atomic E-state index is -0.248. The number of hydrogen-bond donors (Lipinski definition) is 2. The van der Waals surface area contributed by atoms with E-state index in [1.165, 1.54) is 0 Å². The number of anilines is 2. The lowest BCUT2D eigenvalue weighted by Crippen LogP contribution is -2.47. The molecule has 2 heterocycles. The van der Waals surface area contributed by atoms with Gasteiger partial charge in [0.25, 0.3) is 0 Å². The topological polar surface area (TPSA) is 74.3 Å². The van der Waals surface area contributed by atoms with Crippen molar-refractivity contribution in [1.82, 2.24) is 9.88 Å². The van der Waals surface area contributed by atoms with Crippen molar-refractivity contribution < 1.29 is 9.59 Å². The number of hydrogen-bond acceptors (Lipinski definition) is 4. The van der Waals surface area contributed by atoms with Gasteiger partial charge in [-0.15, -0.1) is 0 Å². The zero-order valence-corrected chi connectivity index (χ0v) is 17.7. The smallest absolute Gasteiger partial charge is 0.241 e. The molecule has 1 fully saturated rings. The van der Waals surface area contributed by atoms with Crippen LogP contribution >= 0.6 is 15.9 Å². The second kappa shape index (κ2) is 9.30. The van der Waals surface area contributed by atoms with Crippen LogP contribution in [0.3, 0.4) is 0 Å². The minimum absolute atomic E-state index is 0.00208. The number of likely N-dealkylation sites (tertiary alicyclic amines) is 1. The van der Waals surface area contributed by atoms with E-state index >= 15 is 0 Å². The average Bonchev–Trinajstić information content (AvgIpc) is 2.69. The second-order valence-electron chi connectivity index (χ2n) is 7.20. The van der Waals surface area contributed by atoms with Gasteiger partial charge in [0.2, 0.25) is 11.8 Å². The van der Waals surface area contributed by atoms with Gasteiger partial charge in [-0.1, -0.05) is 28.1 Å². The number of carbonyl (C=O) groups excluding carboxylic acids is 2. The molecule has 1 aromatic heterocycles. The van der Waals surface area contributed by atoms with E-state index in [4.69, 9.17) is 0 Å². The zero-order chi connectivity index (χ0) is 20.1. The van der Waals surface area contributed by atoms with Crippen LogP contribution in [-0.4, -0.2) is 40.8 Å². The molecule has 1 aliphatic rings. The number of halogens is 1. The summed E-state index contributed by atoms with van der Waals surface area (Å²) in [7, 11) is 0. The van der Waals surface area contributed by atoms with Crippen molar-refractivity contribution in [3.63, 3.8) is 0 Å². The predicted octanol–water partition coefficient (Wildman–Crippen LogP) is 3.83. The molecule has 2 N–H and O–H groups in total. The van der Waals surface area contributed by atoms with Gasteiger partial charge in [-0.3, -0.25) is 14.5 Å². The third-order valence-electron chi connectivity index (χ3n) is 5.08. The van der Waals surface area contributed by atoms with Gasteiger partial charge >= 0.3 is 0 Å². The molecule has 7 heteroatoms. The fourth-order valence-electron chi connectivity index (χ4n) is 3.30. The summed E-state index contributed by atoms with van der Waals surface area (Å²) in [5.41, 5.74) is 1.83. The van der Waals surface area contributed by atoms with Crippen molar-refractivity contribution in [3.8, 4) is 0 Å². The van der Waals surface area contributed by atoms with Crippen LogP contribution in [0.1, 0.15) is 25.3 Å². The highest BCUT2D eigenvalue weighted by atomic mass is 79.9. The van der Waals surface area contributed by atoms with Crippen molar-refractivity contribution in [2.75, 3.05) is 23.7 Å². The van der Waals surface area contributed by atoms with Crippen molar-refractivity contribution in [1.29, 1.82) is 0 Å². The van der Waals surface area contributed by atoms with Gasteiger partial charge in [0, 0.05) is 22.3 Å². The first-order chi connectivity index (χ1) is 13.4. The third kappa shape index (κ3) is 5.39. The number of piperidine rings is 1. The number of carbonyl (C=O) groups is 2. The number of nitrogens with one attached hydrogen (secondary N) is 2. The quantitative estimate of drug-likeness (QED) is 0.734. The molecule has 1 unspecified atom stereocenters. The maximum absolute atomic E-state index is 12.6. The Morgan fingerprint density at radius 1 is 1.18 bits per heavy atom. The molecular formula is C21H25BrN4O2. The van der Waals surface area contributed by atoms with E-state index in [0.717, 1.165) is 28.6 Å². The standard InChI is InChI=1S/C21H25BrN4O2/c1-14-6-7-19(23-13-14)25-21(28)16-8-10-26(11-9-16)15(2)20(27)24-18-5-3-4-17(22)12-18/h3-7,12-13,15-16H,8-11H2,1-2H3,(H,24,27)(H,23,25,28). The van der Waals surface area contributed by atoms with E-state index in [-0.39, 0.29) is 23.8 Å². The van der Waals surface area contributed by atoms with Crippen molar-refractivity contribution in [2.24, 2.45) is 5.92 Å². The van der Waals surface area contributed by atoms with Crippen LogP contribution in [-0.2, 0) is 9.59 Å². The Kier molecular flexibility index (Phi) is 6.80. The Hall–Kier alpha value is -2.25. The molecule has 28 heavy (non-hydrogen) atoms. The molecule has 0 bridgehead atoms. The molecule has 1 aromatic carbocycles. The van der Waals surface area contributed by atoms with Crippen LogP contribution in [0.15, 0.2) is 47.1 Å². The molecule has 2 aromatic rings. The lowest BCUT2D eigenvalue weighted by Gasteiger charge is -2.34. The molecule has 1 atom stereocenters. The lowest BCUT2D eigenvalue weighted by molar-refractivity contribution is -0.123. The SMILES string of the molecule is Cc1ccc(NC(=O)C2CCN(C(C)C(=O)Nc3cccc(Br)c3)CC2)nc1. The second-order valence-corrected chi connectivity index (χ2v) is 8.11. The Labute approximate surface area is 173 Å². The third-order valence-corrected chi connectivity index (χ3v) is 5.58. The molecule has 1 aliphatic heterocycles. The first-order valence-corrected chi connectivity index (χ1v) is 10.3. The van der Waals surface area contributed by atoms with Gasteiger partial charge in [0.05, 0.1) is 6.04 Å². The molecule has 2 amide bonds. The van der Waals surface area contributed by atoms with Gasteiger partial charge in [0.15, 0.2) is 0 Å². The van der Waals surface area contributed by atoms with Gasteiger partial charge in [-0.05, 0) is 69.6 Å². The van der Waals surface area contributed by atoms with E-state index in [9.17, 15) is 9.59 Å². The molecular weight excluding hydrogens is 420 g/mol. The maximum Gasteiger partial charge on any atom is 0.241 e. The van der Waals surface area contributed by atoms with Crippen LogP contribution in [0.25, 0.3) is 0 Å². The highest BCUT2D eigenvalue weighted by Crippen LogP contribution is 2.22. The van der Waals surface area contributed by atoms with Crippen molar-refractivity contribution >= 4 is 39.2 Å². The molecule has 148 valence electrons. The van der Waals surface area contributed by atoms with Crippen LogP contribution in [0.5, 0.6) is 0 Å². The number of rotatable bonds is 5. The van der Waals surface area contributed by atoms with Crippen LogP contribution in [0.4, 0.5) is 11.5 Å². The summed E-state index contributed by atoms with van der Waals surface area (Å²) in [6, 6.07) is 11.0. The number of pyridine rings is 1. The van der Waals surface area contributed by atoms with E-state index in [0.29, 0.717) is 18.9 Å². The summed E-state index contributed by atoms with van der Waals surface area (Å²) < 4.78 is 0.924. The van der Waals surface area contributed by atoms with Gasteiger partial charge in [0.1, 0.15) is 5.82 Å². The lowest BCUT2D eigenvalue weighted by atomic mass is 9.95. The average molecular weight is 445 g/mol. The number of aryl methyl sites for hydroxylation is 1.